The Morgan fingerprint density at radius 1 is 1.31 bits per heavy atom. The molecule has 152 valence electrons. The molecule has 0 aromatic carbocycles. The van der Waals surface area contributed by atoms with Crippen molar-refractivity contribution in [2.45, 2.75) is 56.8 Å². The van der Waals surface area contributed by atoms with Crippen LogP contribution in [-0.4, -0.2) is 61.3 Å². The van der Waals surface area contributed by atoms with Gasteiger partial charge in [-0.15, -0.1) is 0 Å². The lowest BCUT2D eigenvalue weighted by Gasteiger charge is -2.27. The van der Waals surface area contributed by atoms with E-state index in [4.69, 9.17) is 0 Å². The van der Waals surface area contributed by atoms with Crippen LogP contribution in [0.4, 0.5) is 8.78 Å². The van der Waals surface area contributed by atoms with E-state index in [0.29, 0.717) is 17.5 Å². The number of halogens is 2. The molecule has 2 aromatic heterocycles. The summed E-state index contributed by atoms with van der Waals surface area (Å²) in [5, 5.41) is 7.16. The second kappa shape index (κ2) is 6.04. The third-order valence-electron chi connectivity index (χ3n) is 5.96. The summed E-state index contributed by atoms with van der Waals surface area (Å²) in [6.07, 6.45) is 2.49. The molecule has 8 nitrogen and oxygen atoms in total. The number of amides is 2. The van der Waals surface area contributed by atoms with E-state index in [1.807, 2.05) is 0 Å². The third-order valence-corrected chi connectivity index (χ3v) is 5.96. The molecule has 2 amide bonds. The molecule has 5 rings (SSSR count). The molecule has 4 atom stereocenters. The van der Waals surface area contributed by atoms with Crippen molar-refractivity contribution in [2.75, 3.05) is 0 Å². The van der Waals surface area contributed by atoms with Crippen molar-refractivity contribution in [1.82, 2.24) is 25.0 Å². The van der Waals surface area contributed by atoms with Gasteiger partial charge in [-0.1, -0.05) is 0 Å². The van der Waals surface area contributed by atoms with Gasteiger partial charge in [0.05, 0.1) is 11.4 Å². The number of piperidine rings is 1. The molecule has 10 heteroatoms. The minimum absolute atomic E-state index is 0.0416. The summed E-state index contributed by atoms with van der Waals surface area (Å²) in [5.41, 5.74) is 0.646. The van der Waals surface area contributed by atoms with Gasteiger partial charge in [0.1, 0.15) is 18.3 Å². The van der Waals surface area contributed by atoms with Crippen molar-refractivity contribution in [3.05, 3.63) is 24.0 Å². The van der Waals surface area contributed by atoms with E-state index < -0.39 is 23.9 Å². The van der Waals surface area contributed by atoms with Gasteiger partial charge in [0.2, 0.25) is 11.8 Å². The summed E-state index contributed by atoms with van der Waals surface area (Å²) >= 11 is 0. The Labute approximate surface area is 164 Å². The minimum atomic E-state index is -2.85. The lowest BCUT2D eigenvalue weighted by molar-refractivity contribution is -0.140. The number of aromatic nitrogens is 3. The Morgan fingerprint density at radius 2 is 2.07 bits per heavy atom. The molecule has 3 aliphatic rings. The molecular formula is C19H19F2N5O3. The van der Waals surface area contributed by atoms with Crippen LogP contribution in [0.3, 0.4) is 0 Å². The highest BCUT2D eigenvalue weighted by molar-refractivity contribution is 6.04. The molecule has 1 saturated heterocycles. The number of carbonyl (C=O) groups is 3. The van der Waals surface area contributed by atoms with Crippen molar-refractivity contribution in [3.63, 3.8) is 0 Å². The SMILES string of the molecule is CC(=O)c1nn(CC(=O)N2[C@@H]3C[C@@H]3C[C@H]2C(=O)NC2CC2(F)F)c2ncccc12. The molecule has 1 unspecified atom stereocenters. The first-order valence-electron chi connectivity index (χ1n) is 9.58. The van der Waals surface area contributed by atoms with E-state index in [0.717, 1.165) is 6.42 Å². The van der Waals surface area contributed by atoms with Gasteiger partial charge in [-0.3, -0.25) is 14.4 Å². The standard InChI is InChI=1S/C19H19F2N5O3/c1-9(27)16-11-3-2-4-22-17(11)25(24-16)8-15(28)26-12-5-10(12)6-13(26)18(29)23-14-7-19(14,20)21/h2-4,10,12-14H,5-8H2,1H3,(H,23,29)/t10-,12-,13+,14?/m1/s1. The zero-order valence-electron chi connectivity index (χ0n) is 15.6. The van der Waals surface area contributed by atoms with Crippen LogP contribution in [0, 0.1) is 5.92 Å². The van der Waals surface area contributed by atoms with E-state index in [2.05, 4.69) is 15.4 Å². The van der Waals surface area contributed by atoms with Crippen LogP contribution in [0.5, 0.6) is 0 Å². The average Bonchev–Trinajstić information content (AvgIpc) is 3.44. The van der Waals surface area contributed by atoms with Gasteiger partial charge in [0.25, 0.3) is 5.92 Å². The number of nitrogens with one attached hydrogen (secondary N) is 1. The van der Waals surface area contributed by atoms with E-state index in [1.165, 1.54) is 16.5 Å². The van der Waals surface area contributed by atoms with Crippen molar-refractivity contribution < 1.29 is 23.2 Å². The lowest BCUT2D eigenvalue weighted by atomic mass is 10.1. The van der Waals surface area contributed by atoms with Crippen LogP contribution in [0.25, 0.3) is 11.0 Å². The molecule has 3 fully saturated rings. The van der Waals surface area contributed by atoms with Crippen molar-refractivity contribution in [3.8, 4) is 0 Å². The maximum atomic E-state index is 13.1. The van der Waals surface area contributed by atoms with Crippen LogP contribution in [0.15, 0.2) is 18.3 Å². The van der Waals surface area contributed by atoms with Gasteiger partial charge in [0.15, 0.2) is 11.4 Å². The molecule has 0 radical (unpaired) electrons. The zero-order chi connectivity index (χ0) is 20.5. The van der Waals surface area contributed by atoms with Crippen molar-refractivity contribution in [1.29, 1.82) is 0 Å². The third kappa shape index (κ3) is 2.97. The number of rotatable bonds is 5. The Bertz CT molecular complexity index is 1050. The maximum Gasteiger partial charge on any atom is 0.270 e. The largest absolute Gasteiger partial charge is 0.345 e. The number of hydrogen-bond donors (Lipinski definition) is 1. The second-order valence-corrected chi connectivity index (χ2v) is 8.08. The number of alkyl halides is 2. The molecule has 2 saturated carbocycles. The number of carbonyl (C=O) groups excluding carboxylic acids is 3. The van der Waals surface area contributed by atoms with E-state index in [9.17, 15) is 23.2 Å². The van der Waals surface area contributed by atoms with Gasteiger partial charge in [-0.05, 0) is 30.9 Å². The van der Waals surface area contributed by atoms with Gasteiger partial charge < -0.3 is 10.2 Å². The number of fused-ring (bicyclic) bond motifs is 2. The van der Waals surface area contributed by atoms with E-state index in [-0.39, 0.29) is 42.3 Å². The minimum Gasteiger partial charge on any atom is -0.345 e. The first-order valence-corrected chi connectivity index (χ1v) is 9.58. The predicted octanol–water partition coefficient (Wildman–Crippen LogP) is 1.15. The molecule has 2 aliphatic carbocycles. The molecule has 1 N–H and O–H groups in total. The van der Waals surface area contributed by atoms with Gasteiger partial charge in [-0.25, -0.2) is 18.4 Å². The zero-order valence-corrected chi connectivity index (χ0v) is 15.6. The number of hydrogen-bond acceptors (Lipinski definition) is 5. The highest BCUT2D eigenvalue weighted by Gasteiger charge is 2.60. The van der Waals surface area contributed by atoms with Crippen LogP contribution >= 0.6 is 0 Å². The van der Waals surface area contributed by atoms with Crippen LogP contribution < -0.4 is 5.32 Å². The van der Waals surface area contributed by atoms with E-state index in [1.54, 1.807) is 18.3 Å². The average molecular weight is 403 g/mol. The topological polar surface area (TPSA) is 97.2 Å². The van der Waals surface area contributed by atoms with Gasteiger partial charge in [0, 0.05) is 25.6 Å². The fourth-order valence-corrected chi connectivity index (χ4v) is 4.28. The summed E-state index contributed by atoms with van der Waals surface area (Å²) in [6, 6.07) is 1.48. The molecular weight excluding hydrogens is 384 g/mol. The number of Topliss-reactive ketones (excluding diaryl/α,β-unsaturated/α-hetero) is 1. The highest BCUT2D eigenvalue weighted by Crippen LogP contribution is 2.48. The number of nitrogens with zero attached hydrogens (tertiary/aromatic N) is 4. The van der Waals surface area contributed by atoms with Crippen molar-refractivity contribution >= 4 is 28.6 Å². The summed E-state index contributed by atoms with van der Waals surface area (Å²) in [6.45, 7) is 1.22. The number of pyridine rings is 1. The normalized spacial score (nSPS) is 28.9. The fourth-order valence-electron chi connectivity index (χ4n) is 4.28. The summed E-state index contributed by atoms with van der Waals surface area (Å²) in [5.74, 6) is -3.72. The first kappa shape index (κ1) is 18.1. The second-order valence-electron chi connectivity index (χ2n) is 8.08. The Balaban J connectivity index is 1.37. The first-order chi connectivity index (χ1) is 13.8. The maximum absolute atomic E-state index is 13.1. The molecule has 2 aromatic rings. The number of ketones is 1. The Kier molecular flexibility index (Phi) is 3.78. The Morgan fingerprint density at radius 3 is 2.76 bits per heavy atom. The smallest absolute Gasteiger partial charge is 0.270 e. The van der Waals surface area contributed by atoms with Crippen LogP contribution in [-0.2, 0) is 16.1 Å². The van der Waals surface area contributed by atoms with Crippen LogP contribution in [0.1, 0.15) is 36.7 Å². The summed E-state index contributed by atoms with van der Waals surface area (Å²) < 4.78 is 27.7. The molecule has 0 bridgehead atoms. The van der Waals surface area contributed by atoms with Gasteiger partial charge >= 0.3 is 0 Å². The molecule has 29 heavy (non-hydrogen) atoms. The monoisotopic (exact) mass is 403 g/mol. The summed E-state index contributed by atoms with van der Waals surface area (Å²) in [7, 11) is 0. The Hall–Kier alpha value is -2.91. The van der Waals surface area contributed by atoms with Crippen molar-refractivity contribution in [2.24, 2.45) is 5.92 Å². The quantitative estimate of drug-likeness (QED) is 0.756. The van der Waals surface area contributed by atoms with E-state index >= 15 is 0 Å². The molecule has 1 aliphatic heterocycles. The van der Waals surface area contributed by atoms with Gasteiger partial charge in [-0.2, -0.15) is 5.10 Å². The highest BCUT2D eigenvalue weighted by atomic mass is 19.3. The number of likely N-dealkylation sites (tertiary alicyclic amines) is 1. The lowest BCUT2D eigenvalue weighted by Crippen LogP contribution is -2.50. The predicted molar refractivity (Wildman–Crippen MR) is 96.2 cm³/mol. The molecule has 0 spiro atoms. The summed E-state index contributed by atoms with van der Waals surface area (Å²) in [4.78, 5) is 43.1. The fraction of sp³-hybridized carbons (Fsp3) is 0.526. The molecule has 3 heterocycles. The van der Waals surface area contributed by atoms with Crippen LogP contribution in [0.2, 0.25) is 0 Å².